The van der Waals surface area contributed by atoms with Crippen LogP contribution in [0.25, 0.3) is 0 Å². The number of halogens is 1. The topological polar surface area (TPSA) is 18.5 Å². The summed E-state index contributed by atoms with van der Waals surface area (Å²) >= 11 is 4.47. The maximum Gasteiger partial charge on any atom is 0.181 e. The molecule has 4 heteroatoms. The molecule has 0 N–H and O–H groups in total. The molecule has 2 nitrogen and oxygen atoms in total. The Labute approximate surface area is 329 Å². The van der Waals surface area contributed by atoms with Crippen LogP contribution in [-0.4, -0.2) is 19.5 Å². The van der Waals surface area contributed by atoms with Gasteiger partial charge in [0.15, 0.2) is 27.7 Å². The third kappa shape index (κ3) is 15.5. The Bertz CT molecular complexity index is 1340. The lowest BCUT2D eigenvalue weighted by Gasteiger charge is -2.25. The zero-order valence-corrected chi connectivity index (χ0v) is 36.3. The van der Waals surface area contributed by atoms with E-state index in [4.69, 9.17) is 9.47 Å². The lowest BCUT2D eigenvalue weighted by Crippen LogP contribution is -2.31. The summed E-state index contributed by atoms with van der Waals surface area (Å²) < 4.78 is 12.5. The van der Waals surface area contributed by atoms with Gasteiger partial charge in [-0.15, -0.1) is 0 Å². The second kappa shape index (κ2) is 26.9. The zero-order valence-electron chi connectivity index (χ0n) is 33.8. The van der Waals surface area contributed by atoms with Crippen molar-refractivity contribution >= 4 is 37.4 Å². The van der Waals surface area contributed by atoms with E-state index >= 15 is 0 Å². The van der Waals surface area contributed by atoms with E-state index in [1.807, 2.05) is 0 Å². The van der Waals surface area contributed by atoms with E-state index in [2.05, 4.69) is 129 Å². The standard InChI is InChI=1S/C48H73BrO2P/c1-6-8-10-12-20-28-39-50-48(51-40-29-21-13-11-9-7-2)38-23-19-17-15-14-16-18-22-33-44-34-30-37-47(43(44)5)52(49,45-35-26-24-31-41(45)3)46-36-27-25-32-42(46)4/h14,16,24-27,30-32,34-37,48H,6-13,15,17-23,28-29,33,38-40H2,1-5H3/q+1/b16-14+. The average molecular weight is 793 g/mol. The molecule has 0 fully saturated rings. The Hall–Kier alpha value is -1.77. The second-order valence-electron chi connectivity index (χ2n) is 14.9. The highest BCUT2D eigenvalue weighted by Crippen LogP contribution is 2.64. The number of aryl methyl sites for hydroxylation is 3. The molecule has 0 spiro atoms. The molecule has 0 saturated carbocycles. The lowest BCUT2D eigenvalue weighted by atomic mass is 10.0. The van der Waals surface area contributed by atoms with Gasteiger partial charge in [-0.05, 0) is 119 Å². The van der Waals surface area contributed by atoms with Gasteiger partial charge in [0.2, 0.25) is 0 Å². The van der Waals surface area contributed by atoms with Gasteiger partial charge in [-0.1, -0.05) is 145 Å². The molecule has 0 radical (unpaired) electrons. The normalized spacial score (nSPS) is 12.1. The van der Waals surface area contributed by atoms with Crippen molar-refractivity contribution in [3.05, 3.63) is 101 Å². The van der Waals surface area contributed by atoms with Crippen molar-refractivity contribution in [1.29, 1.82) is 0 Å². The molecule has 0 saturated heterocycles. The van der Waals surface area contributed by atoms with Gasteiger partial charge in [0.25, 0.3) is 0 Å². The van der Waals surface area contributed by atoms with Crippen molar-refractivity contribution in [2.24, 2.45) is 0 Å². The van der Waals surface area contributed by atoms with E-state index in [1.165, 1.54) is 134 Å². The van der Waals surface area contributed by atoms with Gasteiger partial charge in [0, 0.05) is 13.2 Å². The minimum absolute atomic E-state index is 0.0194. The highest BCUT2D eigenvalue weighted by atomic mass is 79.9. The highest BCUT2D eigenvalue weighted by Gasteiger charge is 2.47. The molecule has 3 aromatic rings. The van der Waals surface area contributed by atoms with Gasteiger partial charge in [-0.2, -0.15) is 0 Å². The van der Waals surface area contributed by atoms with Crippen LogP contribution in [0.1, 0.15) is 158 Å². The summed E-state index contributed by atoms with van der Waals surface area (Å²) in [5, 5.41) is 4.29. The minimum Gasteiger partial charge on any atom is -0.353 e. The summed E-state index contributed by atoms with van der Waals surface area (Å²) in [5.41, 5.74) is 5.61. The Morgan fingerprint density at radius 2 is 1.02 bits per heavy atom. The van der Waals surface area contributed by atoms with Crippen LogP contribution in [0.4, 0.5) is 0 Å². The molecular formula is C48H73BrO2P+. The zero-order chi connectivity index (χ0) is 37.3. The van der Waals surface area contributed by atoms with Crippen LogP contribution in [0.3, 0.4) is 0 Å². The van der Waals surface area contributed by atoms with E-state index in [1.54, 1.807) is 0 Å². The molecule has 288 valence electrons. The number of allylic oxidation sites excluding steroid dienone is 2. The molecule has 0 aliphatic carbocycles. The Balaban J connectivity index is 1.43. The van der Waals surface area contributed by atoms with E-state index in [0.29, 0.717) is 0 Å². The fraction of sp³-hybridized carbons (Fsp3) is 0.583. The molecule has 3 rings (SSSR count). The van der Waals surface area contributed by atoms with E-state index in [0.717, 1.165) is 45.3 Å². The Morgan fingerprint density at radius 3 is 1.58 bits per heavy atom. The molecule has 0 aliphatic rings. The van der Waals surface area contributed by atoms with Gasteiger partial charge >= 0.3 is 0 Å². The fourth-order valence-corrected chi connectivity index (χ4v) is 14.2. The first-order valence-electron chi connectivity index (χ1n) is 21.1. The first-order valence-corrected chi connectivity index (χ1v) is 24.9. The van der Waals surface area contributed by atoms with Crippen LogP contribution in [0.15, 0.2) is 78.9 Å². The molecule has 0 atom stereocenters. The highest BCUT2D eigenvalue weighted by molar-refractivity contribution is 9.44. The summed E-state index contributed by atoms with van der Waals surface area (Å²) in [4.78, 5) is 0. The third-order valence-corrected chi connectivity index (χ3v) is 17.5. The number of ether oxygens (including phenoxy) is 2. The minimum atomic E-state index is -1.98. The van der Waals surface area contributed by atoms with Crippen LogP contribution < -0.4 is 15.9 Å². The molecular weight excluding hydrogens is 719 g/mol. The molecule has 0 aliphatic heterocycles. The maximum absolute atomic E-state index is 6.25. The van der Waals surface area contributed by atoms with Crippen LogP contribution in [-0.2, 0) is 15.9 Å². The summed E-state index contributed by atoms with van der Waals surface area (Å²) in [7, 11) is 0. The van der Waals surface area contributed by atoms with Crippen molar-refractivity contribution in [3.8, 4) is 0 Å². The second-order valence-corrected chi connectivity index (χ2v) is 20.7. The van der Waals surface area contributed by atoms with Crippen LogP contribution in [0.2, 0.25) is 0 Å². The molecule has 0 heterocycles. The first kappa shape index (κ1) is 44.6. The lowest BCUT2D eigenvalue weighted by molar-refractivity contribution is -0.148. The number of hydrogen-bond acceptors (Lipinski definition) is 2. The maximum atomic E-state index is 6.25. The number of hydrogen-bond donors (Lipinski definition) is 0. The largest absolute Gasteiger partial charge is 0.353 e. The SMILES string of the molecule is CCCCCCCCOC(CCCCC/C=C/CCCc1cccc([P+](Br)(c2ccccc2C)c2ccccc2C)c1C)OCCCCCCCC. The number of benzene rings is 3. The van der Waals surface area contributed by atoms with Crippen LogP contribution in [0, 0.1) is 20.8 Å². The molecule has 0 bridgehead atoms. The van der Waals surface area contributed by atoms with Gasteiger partial charge < -0.3 is 9.47 Å². The smallest absolute Gasteiger partial charge is 0.181 e. The molecule has 0 amide bonds. The Kier molecular flexibility index (Phi) is 23.1. The van der Waals surface area contributed by atoms with E-state index < -0.39 is 5.96 Å². The quantitative estimate of drug-likeness (QED) is 0.0302. The fourth-order valence-electron chi connectivity index (χ4n) is 7.29. The predicted molar refractivity (Wildman–Crippen MR) is 236 cm³/mol. The van der Waals surface area contributed by atoms with Crippen LogP contribution >= 0.6 is 21.5 Å². The van der Waals surface area contributed by atoms with Gasteiger partial charge in [-0.25, -0.2) is 0 Å². The number of unbranched alkanes of at least 4 members (excludes halogenated alkanes) is 14. The average Bonchev–Trinajstić information content (AvgIpc) is 3.15. The molecule has 3 aromatic carbocycles. The summed E-state index contributed by atoms with van der Waals surface area (Å²) in [6.07, 6.45) is 29.7. The predicted octanol–water partition coefficient (Wildman–Crippen LogP) is 14.1. The molecule has 52 heavy (non-hydrogen) atoms. The van der Waals surface area contributed by atoms with Crippen molar-refractivity contribution in [2.45, 2.75) is 169 Å². The first-order chi connectivity index (χ1) is 25.4. The van der Waals surface area contributed by atoms with E-state index in [-0.39, 0.29) is 6.29 Å². The summed E-state index contributed by atoms with van der Waals surface area (Å²) in [6, 6.07) is 24.9. The van der Waals surface area contributed by atoms with Gasteiger partial charge in [0.1, 0.15) is 15.9 Å². The van der Waals surface area contributed by atoms with Crippen molar-refractivity contribution in [1.82, 2.24) is 0 Å². The van der Waals surface area contributed by atoms with E-state index in [9.17, 15) is 0 Å². The summed E-state index contributed by atoms with van der Waals surface area (Å²) in [5.74, 6) is -1.98. The van der Waals surface area contributed by atoms with Crippen LogP contribution in [0.5, 0.6) is 0 Å². The Morgan fingerprint density at radius 1 is 0.538 bits per heavy atom. The molecule has 0 aromatic heterocycles. The van der Waals surface area contributed by atoms with Crippen molar-refractivity contribution in [3.63, 3.8) is 0 Å². The monoisotopic (exact) mass is 791 g/mol. The number of rotatable bonds is 29. The molecule has 0 unspecified atom stereocenters. The third-order valence-electron chi connectivity index (χ3n) is 10.5. The van der Waals surface area contributed by atoms with Gasteiger partial charge in [0.05, 0.1) is 0 Å². The van der Waals surface area contributed by atoms with Crippen molar-refractivity contribution < 1.29 is 9.47 Å². The van der Waals surface area contributed by atoms with Gasteiger partial charge in [-0.3, -0.25) is 0 Å². The van der Waals surface area contributed by atoms with Crippen molar-refractivity contribution in [2.75, 3.05) is 13.2 Å². The summed E-state index contributed by atoms with van der Waals surface area (Å²) in [6.45, 7) is 13.1.